The van der Waals surface area contributed by atoms with Gasteiger partial charge < -0.3 is 9.32 Å². The first-order chi connectivity index (χ1) is 10.7. The van der Waals surface area contributed by atoms with Crippen LogP contribution in [0.15, 0.2) is 33.2 Å². The number of nitrogens with zero attached hydrogens (tertiary/aromatic N) is 2. The van der Waals surface area contributed by atoms with E-state index in [9.17, 15) is 0 Å². The number of hydrogen-bond donors (Lipinski definition) is 0. The molecule has 0 unspecified atom stereocenters. The second-order valence-corrected chi connectivity index (χ2v) is 6.93. The van der Waals surface area contributed by atoms with Crippen LogP contribution in [-0.4, -0.2) is 29.0 Å². The first-order valence-electron chi connectivity index (χ1n) is 8.13. The predicted molar refractivity (Wildman–Crippen MR) is 93.0 cm³/mol. The maximum absolute atomic E-state index is 5.86. The molecule has 2 aromatic rings. The number of aromatic nitrogens is 1. The number of oxazole rings is 1. The van der Waals surface area contributed by atoms with Crippen LogP contribution in [0.3, 0.4) is 0 Å². The molecule has 3 nitrogen and oxygen atoms in total. The Morgan fingerprint density at radius 3 is 2.82 bits per heavy atom. The summed E-state index contributed by atoms with van der Waals surface area (Å²) < 4.78 is 6.93. The second kappa shape index (κ2) is 6.97. The summed E-state index contributed by atoms with van der Waals surface area (Å²) in [6.07, 6.45) is 4.91. The van der Waals surface area contributed by atoms with Gasteiger partial charge in [-0.1, -0.05) is 22.9 Å². The lowest BCUT2D eigenvalue weighted by molar-refractivity contribution is 0.250. The molecule has 0 spiro atoms. The molecule has 2 heterocycles. The van der Waals surface area contributed by atoms with Gasteiger partial charge in [-0.2, -0.15) is 0 Å². The van der Waals surface area contributed by atoms with Gasteiger partial charge in [-0.25, -0.2) is 4.98 Å². The number of hydrogen-bond acceptors (Lipinski definition) is 3. The summed E-state index contributed by atoms with van der Waals surface area (Å²) in [5.74, 6) is 1.68. The number of likely N-dealkylation sites (tertiary alicyclic amines) is 1. The van der Waals surface area contributed by atoms with Gasteiger partial charge in [0.1, 0.15) is 5.76 Å². The molecular weight excluding hydrogens is 340 g/mol. The van der Waals surface area contributed by atoms with Crippen molar-refractivity contribution in [2.24, 2.45) is 0 Å². The van der Waals surface area contributed by atoms with Gasteiger partial charge in [0.05, 0.1) is 5.69 Å². The highest BCUT2D eigenvalue weighted by Crippen LogP contribution is 2.25. The van der Waals surface area contributed by atoms with Crippen molar-refractivity contribution in [2.45, 2.75) is 45.6 Å². The molecule has 1 aromatic carbocycles. The lowest BCUT2D eigenvalue weighted by atomic mass is 10.1. The molecule has 22 heavy (non-hydrogen) atoms. The predicted octanol–water partition coefficient (Wildman–Crippen LogP) is 4.83. The summed E-state index contributed by atoms with van der Waals surface area (Å²) in [6.45, 7) is 6.63. The fourth-order valence-electron chi connectivity index (χ4n) is 3.28. The van der Waals surface area contributed by atoms with Gasteiger partial charge >= 0.3 is 0 Å². The molecule has 4 heteroatoms. The smallest absolute Gasteiger partial charge is 0.226 e. The minimum Gasteiger partial charge on any atom is -0.441 e. The molecule has 1 saturated heterocycles. The molecule has 0 saturated carbocycles. The molecule has 1 atom stereocenters. The van der Waals surface area contributed by atoms with Crippen molar-refractivity contribution in [1.29, 1.82) is 0 Å². The molecule has 0 radical (unpaired) electrons. The third-order valence-corrected chi connectivity index (χ3v) is 5.12. The van der Waals surface area contributed by atoms with Crippen LogP contribution >= 0.6 is 15.9 Å². The maximum atomic E-state index is 5.86. The van der Waals surface area contributed by atoms with E-state index in [1.54, 1.807) is 0 Å². The van der Waals surface area contributed by atoms with Gasteiger partial charge in [-0.15, -0.1) is 0 Å². The molecule has 0 aliphatic carbocycles. The molecule has 1 aromatic heterocycles. The van der Waals surface area contributed by atoms with Crippen LogP contribution in [0.4, 0.5) is 0 Å². The number of aryl methyl sites for hydroxylation is 1. The quantitative estimate of drug-likeness (QED) is 0.762. The highest BCUT2D eigenvalue weighted by molar-refractivity contribution is 9.10. The van der Waals surface area contributed by atoms with E-state index >= 15 is 0 Å². The van der Waals surface area contributed by atoms with Gasteiger partial charge in [0.15, 0.2) is 0 Å². The number of rotatable bonds is 5. The summed E-state index contributed by atoms with van der Waals surface area (Å²) in [7, 11) is 0. The Labute approximate surface area is 140 Å². The lowest BCUT2D eigenvalue weighted by Gasteiger charge is -2.22. The summed E-state index contributed by atoms with van der Waals surface area (Å²) >= 11 is 3.46. The van der Waals surface area contributed by atoms with E-state index in [4.69, 9.17) is 9.40 Å². The first kappa shape index (κ1) is 15.8. The van der Waals surface area contributed by atoms with Crippen molar-refractivity contribution in [3.05, 3.63) is 40.2 Å². The van der Waals surface area contributed by atoms with E-state index < -0.39 is 0 Å². The Bertz CT molecular complexity index is 621. The Balaban J connectivity index is 1.68. The average Bonchev–Trinajstić information content (AvgIpc) is 3.12. The summed E-state index contributed by atoms with van der Waals surface area (Å²) in [6, 6.07) is 8.87. The fraction of sp³-hybridized carbons (Fsp3) is 0.500. The minimum absolute atomic E-state index is 0.730. The Hall–Kier alpha value is -1.13. The van der Waals surface area contributed by atoms with Crippen molar-refractivity contribution in [2.75, 3.05) is 13.1 Å². The largest absolute Gasteiger partial charge is 0.441 e. The third-order valence-electron chi connectivity index (χ3n) is 4.59. The van der Waals surface area contributed by atoms with Crippen LogP contribution in [-0.2, 0) is 6.42 Å². The molecular formula is C18H23BrN2O. The van der Waals surface area contributed by atoms with Crippen molar-refractivity contribution in [3.8, 4) is 11.5 Å². The van der Waals surface area contributed by atoms with Crippen LogP contribution in [0.1, 0.15) is 37.6 Å². The normalized spacial score (nSPS) is 19.0. The monoisotopic (exact) mass is 362 g/mol. The zero-order chi connectivity index (χ0) is 15.5. The first-order valence-corrected chi connectivity index (χ1v) is 8.93. The minimum atomic E-state index is 0.730. The van der Waals surface area contributed by atoms with E-state index in [2.05, 4.69) is 27.8 Å². The van der Waals surface area contributed by atoms with E-state index in [0.29, 0.717) is 0 Å². The van der Waals surface area contributed by atoms with Crippen LogP contribution in [0.2, 0.25) is 0 Å². The van der Waals surface area contributed by atoms with E-state index in [1.165, 1.54) is 25.8 Å². The zero-order valence-corrected chi connectivity index (χ0v) is 14.9. The Morgan fingerprint density at radius 2 is 2.09 bits per heavy atom. The van der Waals surface area contributed by atoms with Gasteiger partial charge in [0.25, 0.3) is 0 Å². The SMILES string of the molecule is CC[C@@H]1CCCN1CCc1nc(-c2ccc(Br)cc2)oc1C. The second-order valence-electron chi connectivity index (χ2n) is 6.02. The van der Waals surface area contributed by atoms with E-state index in [-0.39, 0.29) is 0 Å². The van der Waals surface area contributed by atoms with Gasteiger partial charge in [0, 0.05) is 29.0 Å². The molecule has 1 fully saturated rings. The summed E-state index contributed by atoms with van der Waals surface area (Å²) in [5, 5.41) is 0. The summed E-state index contributed by atoms with van der Waals surface area (Å²) in [5.41, 5.74) is 2.13. The van der Waals surface area contributed by atoms with Crippen LogP contribution in [0.5, 0.6) is 0 Å². The topological polar surface area (TPSA) is 29.3 Å². The number of benzene rings is 1. The molecule has 118 valence electrons. The van der Waals surface area contributed by atoms with Crippen LogP contribution in [0, 0.1) is 6.92 Å². The van der Waals surface area contributed by atoms with E-state index in [0.717, 1.165) is 46.4 Å². The fourth-order valence-corrected chi connectivity index (χ4v) is 3.54. The van der Waals surface area contributed by atoms with Crippen molar-refractivity contribution < 1.29 is 4.42 Å². The van der Waals surface area contributed by atoms with Crippen LogP contribution in [0.25, 0.3) is 11.5 Å². The molecule has 3 rings (SSSR count). The molecule has 1 aliphatic rings. The Morgan fingerprint density at radius 1 is 1.32 bits per heavy atom. The van der Waals surface area contributed by atoms with Crippen molar-refractivity contribution in [1.82, 2.24) is 9.88 Å². The van der Waals surface area contributed by atoms with Gasteiger partial charge in [-0.05, 0) is 57.0 Å². The molecule has 1 aliphatic heterocycles. The molecule has 0 bridgehead atoms. The third kappa shape index (κ3) is 3.44. The average molecular weight is 363 g/mol. The van der Waals surface area contributed by atoms with Crippen LogP contribution < -0.4 is 0 Å². The Kier molecular flexibility index (Phi) is 4.99. The van der Waals surface area contributed by atoms with Gasteiger partial charge in [-0.3, -0.25) is 0 Å². The van der Waals surface area contributed by atoms with Gasteiger partial charge in [0.2, 0.25) is 5.89 Å². The number of halogens is 1. The summed E-state index contributed by atoms with van der Waals surface area (Å²) in [4.78, 5) is 7.32. The highest BCUT2D eigenvalue weighted by atomic mass is 79.9. The zero-order valence-electron chi connectivity index (χ0n) is 13.3. The standard InChI is InChI=1S/C18H23BrN2O/c1-3-16-5-4-11-21(16)12-10-17-13(2)22-18(20-17)14-6-8-15(19)9-7-14/h6-9,16H,3-5,10-12H2,1-2H3/t16-/m1/s1. The molecule has 0 N–H and O–H groups in total. The van der Waals surface area contributed by atoms with Crippen molar-refractivity contribution in [3.63, 3.8) is 0 Å². The molecule has 0 amide bonds. The van der Waals surface area contributed by atoms with Crippen molar-refractivity contribution >= 4 is 15.9 Å². The highest BCUT2D eigenvalue weighted by Gasteiger charge is 2.23. The maximum Gasteiger partial charge on any atom is 0.226 e. The van der Waals surface area contributed by atoms with E-state index in [1.807, 2.05) is 31.2 Å². The lowest BCUT2D eigenvalue weighted by Crippen LogP contribution is -2.30.